The van der Waals surface area contributed by atoms with Crippen LogP contribution in [0, 0.1) is 0 Å². The first-order chi connectivity index (χ1) is 7.11. The molecular weight excluding hydrogens is 196 g/mol. The van der Waals surface area contributed by atoms with Gasteiger partial charge in [0.2, 0.25) is 5.91 Å². The van der Waals surface area contributed by atoms with E-state index in [1.54, 1.807) is 7.05 Å². The van der Waals surface area contributed by atoms with E-state index in [0.717, 1.165) is 12.8 Å². The number of aliphatic carboxylic acids is 1. The van der Waals surface area contributed by atoms with Crippen LogP contribution in [0.25, 0.3) is 0 Å². The van der Waals surface area contributed by atoms with Crippen molar-refractivity contribution in [2.75, 3.05) is 13.6 Å². The summed E-state index contributed by atoms with van der Waals surface area (Å²) in [6, 6.07) is -0.637. The Kier molecular flexibility index (Phi) is 7.62. The molecule has 0 aromatic rings. The SMILES string of the molecule is CCCCNC(=O)CC[C@H](NC)C(=O)O. The van der Waals surface area contributed by atoms with Gasteiger partial charge in [-0.3, -0.25) is 9.59 Å². The van der Waals surface area contributed by atoms with Crippen molar-refractivity contribution in [3.63, 3.8) is 0 Å². The molecule has 1 atom stereocenters. The summed E-state index contributed by atoms with van der Waals surface area (Å²) in [6.45, 7) is 2.72. The molecule has 3 N–H and O–H groups in total. The van der Waals surface area contributed by atoms with E-state index in [1.165, 1.54) is 0 Å². The molecule has 0 bridgehead atoms. The van der Waals surface area contributed by atoms with E-state index in [1.807, 2.05) is 6.92 Å². The molecule has 0 saturated carbocycles. The topological polar surface area (TPSA) is 78.4 Å². The van der Waals surface area contributed by atoms with Gasteiger partial charge in [0.15, 0.2) is 0 Å². The number of likely N-dealkylation sites (N-methyl/N-ethyl adjacent to an activating group) is 1. The van der Waals surface area contributed by atoms with Crippen LogP contribution in [-0.4, -0.2) is 36.6 Å². The van der Waals surface area contributed by atoms with Gasteiger partial charge in [0.05, 0.1) is 0 Å². The van der Waals surface area contributed by atoms with Gasteiger partial charge in [-0.1, -0.05) is 13.3 Å². The van der Waals surface area contributed by atoms with E-state index >= 15 is 0 Å². The van der Waals surface area contributed by atoms with Crippen LogP contribution in [0.1, 0.15) is 32.6 Å². The first-order valence-electron chi connectivity index (χ1n) is 5.28. The lowest BCUT2D eigenvalue weighted by Crippen LogP contribution is -2.35. The molecule has 0 rings (SSSR count). The van der Waals surface area contributed by atoms with Crippen molar-refractivity contribution in [1.29, 1.82) is 0 Å². The van der Waals surface area contributed by atoms with Crippen LogP contribution in [0.2, 0.25) is 0 Å². The summed E-state index contributed by atoms with van der Waals surface area (Å²) >= 11 is 0. The normalized spacial score (nSPS) is 12.1. The van der Waals surface area contributed by atoms with Gasteiger partial charge in [-0.2, -0.15) is 0 Å². The molecule has 0 fully saturated rings. The van der Waals surface area contributed by atoms with E-state index in [9.17, 15) is 9.59 Å². The number of carbonyl (C=O) groups is 2. The molecule has 0 aliphatic heterocycles. The predicted molar refractivity (Wildman–Crippen MR) is 57.6 cm³/mol. The molecular formula is C10H20N2O3. The Balaban J connectivity index is 3.64. The van der Waals surface area contributed by atoms with Crippen LogP contribution in [0.5, 0.6) is 0 Å². The zero-order chi connectivity index (χ0) is 11.7. The molecule has 0 heterocycles. The molecule has 0 aromatic heterocycles. The molecule has 0 unspecified atom stereocenters. The summed E-state index contributed by atoms with van der Waals surface area (Å²) in [5.41, 5.74) is 0. The van der Waals surface area contributed by atoms with Crippen molar-refractivity contribution in [2.45, 2.75) is 38.6 Å². The van der Waals surface area contributed by atoms with Crippen LogP contribution in [0.3, 0.4) is 0 Å². The summed E-state index contributed by atoms with van der Waals surface area (Å²) in [6.07, 6.45) is 2.57. The summed E-state index contributed by atoms with van der Waals surface area (Å²) in [4.78, 5) is 21.8. The van der Waals surface area contributed by atoms with Crippen molar-refractivity contribution in [3.8, 4) is 0 Å². The Morgan fingerprint density at radius 3 is 2.53 bits per heavy atom. The second kappa shape index (κ2) is 8.23. The van der Waals surface area contributed by atoms with Crippen LogP contribution in [-0.2, 0) is 9.59 Å². The predicted octanol–water partition coefficient (Wildman–Crippen LogP) is 0.356. The number of amides is 1. The number of carbonyl (C=O) groups excluding carboxylic acids is 1. The fourth-order valence-electron chi connectivity index (χ4n) is 1.16. The number of hydrogen-bond acceptors (Lipinski definition) is 3. The number of nitrogens with one attached hydrogen (secondary N) is 2. The minimum Gasteiger partial charge on any atom is -0.480 e. The highest BCUT2D eigenvalue weighted by Gasteiger charge is 2.15. The number of carboxylic acid groups (broad SMARTS) is 1. The zero-order valence-corrected chi connectivity index (χ0v) is 9.38. The zero-order valence-electron chi connectivity index (χ0n) is 9.38. The molecule has 0 radical (unpaired) electrons. The van der Waals surface area contributed by atoms with Crippen molar-refractivity contribution >= 4 is 11.9 Å². The van der Waals surface area contributed by atoms with E-state index in [-0.39, 0.29) is 12.3 Å². The van der Waals surface area contributed by atoms with Gasteiger partial charge in [0, 0.05) is 13.0 Å². The molecule has 0 spiro atoms. The Labute approximate surface area is 90.2 Å². The standard InChI is InChI=1S/C10H20N2O3/c1-3-4-7-12-9(13)6-5-8(11-2)10(14)15/h8,11H,3-7H2,1-2H3,(H,12,13)(H,14,15)/t8-/m0/s1. The average molecular weight is 216 g/mol. The van der Waals surface area contributed by atoms with Crippen LogP contribution in [0.4, 0.5) is 0 Å². The maximum Gasteiger partial charge on any atom is 0.320 e. The Morgan fingerprint density at radius 2 is 2.07 bits per heavy atom. The maximum absolute atomic E-state index is 11.2. The highest BCUT2D eigenvalue weighted by molar-refractivity contribution is 5.78. The molecule has 0 aliphatic carbocycles. The lowest BCUT2D eigenvalue weighted by molar-refractivity contribution is -0.139. The van der Waals surface area contributed by atoms with Crippen molar-refractivity contribution in [3.05, 3.63) is 0 Å². The first-order valence-corrected chi connectivity index (χ1v) is 5.28. The van der Waals surface area contributed by atoms with E-state index in [0.29, 0.717) is 13.0 Å². The van der Waals surface area contributed by atoms with Crippen LogP contribution < -0.4 is 10.6 Å². The van der Waals surface area contributed by atoms with Gasteiger partial charge in [0.25, 0.3) is 0 Å². The van der Waals surface area contributed by atoms with Gasteiger partial charge in [0.1, 0.15) is 6.04 Å². The van der Waals surface area contributed by atoms with Crippen LogP contribution >= 0.6 is 0 Å². The van der Waals surface area contributed by atoms with Crippen molar-refractivity contribution < 1.29 is 14.7 Å². The highest BCUT2D eigenvalue weighted by atomic mass is 16.4. The highest BCUT2D eigenvalue weighted by Crippen LogP contribution is 1.97. The van der Waals surface area contributed by atoms with Gasteiger partial charge >= 0.3 is 5.97 Å². The average Bonchev–Trinajstić information content (AvgIpc) is 2.18. The second-order valence-electron chi connectivity index (χ2n) is 3.42. The van der Waals surface area contributed by atoms with Crippen molar-refractivity contribution in [1.82, 2.24) is 10.6 Å². The number of hydrogen-bond donors (Lipinski definition) is 3. The van der Waals surface area contributed by atoms with E-state index in [2.05, 4.69) is 10.6 Å². The fraction of sp³-hybridized carbons (Fsp3) is 0.800. The number of carboxylic acids is 1. The molecule has 88 valence electrons. The fourth-order valence-corrected chi connectivity index (χ4v) is 1.16. The Hall–Kier alpha value is -1.10. The second-order valence-corrected chi connectivity index (χ2v) is 3.42. The summed E-state index contributed by atoms with van der Waals surface area (Å²) < 4.78 is 0. The summed E-state index contributed by atoms with van der Waals surface area (Å²) in [7, 11) is 1.58. The third-order valence-corrected chi connectivity index (χ3v) is 2.16. The number of unbranched alkanes of at least 4 members (excludes halogenated alkanes) is 1. The van der Waals surface area contributed by atoms with E-state index in [4.69, 9.17) is 5.11 Å². The lowest BCUT2D eigenvalue weighted by atomic mass is 10.1. The third-order valence-electron chi connectivity index (χ3n) is 2.16. The minimum atomic E-state index is -0.918. The Morgan fingerprint density at radius 1 is 1.40 bits per heavy atom. The lowest BCUT2D eigenvalue weighted by Gasteiger charge is -2.10. The van der Waals surface area contributed by atoms with E-state index < -0.39 is 12.0 Å². The minimum absolute atomic E-state index is 0.0787. The molecule has 0 saturated heterocycles. The summed E-state index contributed by atoms with van der Waals surface area (Å²) in [5, 5.41) is 14.1. The summed E-state index contributed by atoms with van der Waals surface area (Å²) in [5.74, 6) is -0.996. The monoisotopic (exact) mass is 216 g/mol. The molecule has 15 heavy (non-hydrogen) atoms. The van der Waals surface area contributed by atoms with Gasteiger partial charge in [-0.15, -0.1) is 0 Å². The van der Waals surface area contributed by atoms with Crippen molar-refractivity contribution in [2.24, 2.45) is 0 Å². The molecule has 0 aliphatic rings. The molecule has 5 heteroatoms. The third kappa shape index (κ3) is 6.90. The largest absolute Gasteiger partial charge is 0.480 e. The molecule has 1 amide bonds. The quantitative estimate of drug-likeness (QED) is 0.512. The van der Waals surface area contributed by atoms with Gasteiger partial charge in [-0.05, 0) is 19.9 Å². The smallest absolute Gasteiger partial charge is 0.320 e. The molecule has 0 aromatic carbocycles. The van der Waals surface area contributed by atoms with Crippen LogP contribution in [0.15, 0.2) is 0 Å². The Bertz CT molecular complexity index is 207. The number of rotatable bonds is 8. The van der Waals surface area contributed by atoms with Gasteiger partial charge < -0.3 is 15.7 Å². The molecule has 5 nitrogen and oxygen atoms in total. The van der Waals surface area contributed by atoms with Gasteiger partial charge in [-0.25, -0.2) is 0 Å². The maximum atomic E-state index is 11.2. The first kappa shape index (κ1) is 13.9.